The molecule has 0 bridgehead atoms. The first-order valence-electron chi connectivity index (χ1n) is 5.08. The fourth-order valence-electron chi connectivity index (χ4n) is 1.42. The van der Waals surface area contributed by atoms with Gasteiger partial charge < -0.3 is 0 Å². The number of hydrogen-bond donors (Lipinski definition) is 1. The van der Waals surface area contributed by atoms with Crippen LogP contribution < -0.4 is 5.32 Å². The van der Waals surface area contributed by atoms with Crippen molar-refractivity contribution in [2.24, 2.45) is 5.92 Å². The van der Waals surface area contributed by atoms with Gasteiger partial charge in [0.1, 0.15) is 0 Å². The van der Waals surface area contributed by atoms with Crippen LogP contribution in [-0.4, -0.2) is 29.3 Å². The van der Waals surface area contributed by atoms with Crippen LogP contribution in [0.5, 0.6) is 0 Å². The number of amides is 4. The lowest BCUT2D eigenvalue weighted by molar-refractivity contribution is -0.125. The van der Waals surface area contributed by atoms with Crippen molar-refractivity contribution in [3.8, 4) is 6.07 Å². The highest BCUT2D eigenvalue weighted by Gasteiger charge is 2.27. The highest BCUT2D eigenvalue weighted by atomic mass is 16.2. The Bertz CT molecular complexity index is 359. The monoisotopic (exact) mass is 223 g/mol. The zero-order valence-corrected chi connectivity index (χ0v) is 9.02. The van der Waals surface area contributed by atoms with Crippen LogP contribution in [0.15, 0.2) is 0 Å². The Hall–Kier alpha value is -1.90. The number of imide groups is 2. The van der Waals surface area contributed by atoms with E-state index in [1.54, 1.807) is 6.92 Å². The minimum Gasteiger partial charge on any atom is -0.278 e. The van der Waals surface area contributed by atoms with E-state index < -0.39 is 17.9 Å². The lowest BCUT2D eigenvalue weighted by Gasteiger charge is -2.13. The Labute approximate surface area is 93.2 Å². The van der Waals surface area contributed by atoms with Gasteiger partial charge in [0.25, 0.3) is 0 Å². The van der Waals surface area contributed by atoms with Crippen molar-refractivity contribution in [2.75, 3.05) is 6.54 Å². The van der Waals surface area contributed by atoms with E-state index in [-0.39, 0.29) is 12.3 Å². The zero-order valence-electron chi connectivity index (χ0n) is 9.02. The maximum atomic E-state index is 11.4. The van der Waals surface area contributed by atoms with E-state index in [1.807, 2.05) is 6.07 Å². The van der Waals surface area contributed by atoms with E-state index >= 15 is 0 Å². The number of nitriles is 1. The Morgan fingerprint density at radius 3 is 2.81 bits per heavy atom. The summed E-state index contributed by atoms with van der Waals surface area (Å²) in [5.41, 5.74) is 0. The normalized spacial score (nSPS) is 16.8. The molecule has 1 aliphatic rings. The van der Waals surface area contributed by atoms with E-state index in [0.29, 0.717) is 19.4 Å². The molecule has 16 heavy (non-hydrogen) atoms. The topological polar surface area (TPSA) is 90.3 Å². The van der Waals surface area contributed by atoms with Crippen molar-refractivity contribution in [1.82, 2.24) is 10.2 Å². The molecular formula is C10H13N3O3. The van der Waals surface area contributed by atoms with Gasteiger partial charge in [-0.1, -0.05) is 0 Å². The molecular weight excluding hydrogens is 210 g/mol. The number of nitrogens with zero attached hydrogens (tertiary/aromatic N) is 2. The van der Waals surface area contributed by atoms with Gasteiger partial charge >= 0.3 is 6.03 Å². The van der Waals surface area contributed by atoms with Gasteiger partial charge in [0.15, 0.2) is 0 Å². The van der Waals surface area contributed by atoms with Crippen molar-refractivity contribution >= 4 is 17.8 Å². The first kappa shape index (κ1) is 12.2. The molecule has 4 amide bonds. The van der Waals surface area contributed by atoms with Gasteiger partial charge in [-0.25, -0.2) is 4.79 Å². The van der Waals surface area contributed by atoms with Crippen LogP contribution in [0.25, 0.3) is 0 Å². The average Bonchev–Trinajstić information content (AvgIpc) is 2.63. The molecule has 1 N–H and O–H groups in total. The molecule has 0 radical (unpaired) electrons. The molecule has 86 valence electrons. The van der Waals surface area contributed by atoms with Gasteiger partial charge in [0, 0.05) is 19.4 Å². The van der Waals surface area contributed by atoms with Crippen LogP contribution in [0.4, 0.5) is 4.79 Å². The lowest BCUT2D eigenvalue weighted by Crippen LogP contribution is -2.43. The van der Waals surface area contributed by atoms with Gasteiger partial charge in [-0.3, -0.25) is 19.8 Å². The van der Waals surface area contributed by atoms with Crippen molar-refractivity contribution in [1.29, 1.82) is 5.26 Å². The molecule has 0 aromatic heterocycles. The molecule has 1 rings (SSSR count). The Balaban J connectivity index is 2.43. The summed E-state index contributed by atoms with van der Waals surface area (Å²) in [5, 5.41) is 10.6. The third kappa shape index (κ3) is 3.05. The molecule has 1 atom stereocenters. The minimum atomic E-state index is -0.683. The van der Waals surface area contributed by atoms with Crippen LogP contribution in [0.2, 0.25) is 0 Å². The number of urea groups is 1. The molecule has 1 fully saturated rings. The smallest absolute Gasteiger partial charge is 0.278 e. The van der Waals surface area contributed by atoms with Crippen LogP contribution in [0.3, 0.4) is 0 Å². The van der Waals surface area contributed by atoms with Gasteiger partial charge in [0.05, 0.1) is 12.0 Å². The molecule has 6 heteroatoms. The van der Waals surface area contributed by atoms with E-state index in [1.165, 1.54) is 0 Å². The lowest BCUT2D eigenvalue weighted by atomic mass is 10.1. The summed E-state index contributed by atoms with van der Waals surface area (Å²) in [5.74, 6) is -1.24. The third-order valence-electron chi connectivity index (χ3n) is 2.28. The maximum absolute atomic E-state index is 11.4. The molecule has 1 saturated heterocycles. The van der Waals surface area contributed by atoms with Gasteiger partial charge in [-0.2, -0.15) is 5.26 Å². The highest BCUT2D eigenvalue weighted by Crippen LogP contribution is 2.09. The second-order valence-corrected chi connectivity index (χ2v) is 3.74. The molecule has 1 heterocycles. The summed E-state index contributed by atoms with van der Waals surface area (Å²) in [6, 6.07) is 1.21. The highest BCUT2D eigenvalue weighted by molar-refractivity contribution is 6.02. The molecule has 0 spiro atoms. The second kappa shape index (κ2) is 5.26. The van der Waals surface area contributed by atoms with E-state index in [9.17, 15) is 14.4 Å². The molecule has 1 unspecified atom stereocenters. The second-order valence-electron chi connectivity index (χ2n) is 3.74. The van der Waals surface area contributed by atoms with E-state index in [0.717, 1.165) is 4.90 Å². The molecule has 0 saturated carbocycles. The summed E-state index contributed by atoms with van der Waals surface area (Å²) < 4.78 is 0. The maximum Gasteiger partial charge on any atom is 0.330 e. The van der Waals surface area contributed by atoms with Crippen LogP contribution in [0.1, 0.15) is 26.2 Å². The predicted octanol–water partition coefficient (Wildman–Crippen LogP) is 0.395. The summed E-state index contributed by atoms with van der Waals surface area (Å²) in [7, 11) is 0. The van der Waals surface area contributed by atoms with Crippen molar-refractivity contribution < 1.29 is 14.4 Å². The van der Waals surface area contributed by atoms with E-state index in [4.69, 9.17) is 5.26 Å². The Morgan fingerprint density at radius 2 is 2.31 bits per heavy atom. The Morgan fingerprint density at radius 1 is 1.62 bits per heavy atom. The number of carbonyl (C=O) groups excluding carboxylic acids is 3. The molecule has 0 aliphatic carbocycles. The van der Waals surface area contributed by atoms with Gasteiger partial charge in [0.2, 0.25) is 11.8 Å². The fraction of sp³-hybridized carbons (Fsp3) is 0.600. The average molecular weight is 223 g/mol. The molecule has 0 aromatic carbocycles. The summed E-state index contributed by atoms with van der Waals surface area (Å²) >= 11 is 0. The summed E-state index contributed by atoms with van der Waals surface area (Å²) in [6.45, 7) is 1.94. The largest absolute Gasteiger partial charge is 0.330 e. The van der Waals surface area contributed by atoms with Crippen LogP contribution in [0, 0.1) is 17.2 Å². The third-order valence-corrected chi connectivity index (χ3v) is 2.28. The van der Waals surface area contributed by atoms with Gasteiger partial charge in [-0.05, 0) is 13.3 Å². The standard InChI is InChI=1S/C10H13N3O3/c1-7(6-11)5-8(14)12-10(16)13-4-2-3-9(13)15/h7H,2-5H2,1H3,(H,12,14,16). The van der Waals surface area contributed by atoms with Crippen LogP contribution in [-0.2, 0) is 9.59 Å². The van der Waals surface area contributed by atoms with Gasteiger partial charge in [-0.15, -0.1) is 0 Å². The van der Waals surface area contributed by atoms with Crippen molar-refractivity contribution in [3.05, 3.63) is 0 Å². The van der Waals surface area contributed by atoms with Crippen LogP contribution >= 0.6 is 0 Å². The minimum absolute atomic E-state index is 0.0374. The first-order valence-corrected chi connectivity index (χ1v) is 5.08. The SMILES string of the molecule is CC(C#N)CC(=O)NC(=O)N1CCCC1=O. The quantitative estimate of drug-likeness (QED) is 0.733. The number of nitrogens with one attached hydrogen (secondary N) is 1. The number of carbonyl (C=O) groups is 3. The number of likely N-dealkylation sites (tertiary alicyclic amines) is 1. The molecule has 0 aromatic rings. The summed E-state index contributed by atoms with van der Waals surface area (Å²) in [4.78, 5) is 34.9. The molecule has 1 aliphatic heterocycles. The Kier molecular flexibility index (Phi) is 4.00. The molecule has 6 nitrogen and oxygen atoms in total. The zero-order chi connectivity index (χ0) is 12.1. The first-order chi connectivity index (χ1) is 7.54. The summed E-state index contributed by atoms with van der Waals surface area (Å²) in [6.07, 6.45) is 0.940. The number of hydrogen-bond acceptors (Lipinski definition) is 4. The predicted molar refractivity (Wildman–Crippen MR) is 53.9 cm³/mol. The van der Waals surface area contributed by atoms with Crippen molar-refractivity contribution in [2.45, 2.75) is 26.2 Å². The fourth-order valence-corrected chi connectivity index (χ4v) is 1.42. The van der Waals surface area contributed by atoms with E-state index in [2.05, 4.69) is 5.32 Å². The number of rotatable bonds is 2. The van der Waals surface area contributed by atoms with Crippen molar-refractivity contribution in [3.63, 3.8) is 0 Å².